The summed E-state index contributed by atoms with van der Waals surface area (Å²) in [6.07, 6.45) is -6.38. The minimum atomic E-state index is -6.95. The Kier molecular flexibility index (Phi) is 5.89. The van der Waals surface area contributed by atoms with Crippen molar-refractivity contribution in [1.82, 2.24) is 0 Å². The van der Waals surface area contributed by atoms with Gasteiger partial charge in [-0.05, 0) is 12.8 Å². The van der Waals surface area contributed by atoms with Crippen molar-refractivity contribution in [3.8, 4) is 0 Å². The van der Waals surface area contributed by atoms with Crippen LogP contribution in [-0.2, 0) is 4.79 Å². The highest BCUT2D eigenvalue weighted by atomic mass is 19.4. The Morgan fingerprint density at radius 1 is 1.00 bits per heavy atom. The lowest BCUT2D eigenvalue weighted by molar-refractivity contribution is -0.742. The van der Waals surface area contributed by atoms with Gasteiger partial charge in [-0.15, -0.1) is 0 Å². The molecule has 2 nitrogen and oxygen atoms in total. The van der Waals surface area contributed by atoms with Crippen molar-refractivity contribution in [2.24, 2.45) is 0 Å². The molecule has 0 radical (unpaired) electrons. The van der Waals surface area contributed by atoms with Crippen LogP contribution in [0, 0.1) is 0 Å². The van der Waals surface area contributed by atoms with E-state index in [9.17, 15) is 44.3 Å². The number of carbonyl (C=O) groups excluding carboxylic acids is 1. The molecule has 26 heavy (non-hydrogen) atoms. The summed E-state index contributed by atoms with van der Waals surface area (Å²) >= 11 is 0. The van der Waals surface area contributed by atoms with Gasteiger partial charge in [-0.25, -0.2) is 9.28 Å². The van der Waals surface area contributed by atoms with E-state index >= 15 is 0 Å². The molecule has 1 saturated heterocycles. The number of rotatable bonds is 8. The number of alkyl halides is 9. The van der Waals surface area contributed by atoms with Crippen LogP contribution in [0.4, 0.5) is 39.5 Å². The lowest BCUT2D eigenvalue weighted by Crippen LogP contribution is -2.64. The third kappa shape index (κ3) is 3.22. The molecule has 0 aromatic carbocycles. The Morgan fingerprint density at radius 2 is 1.50 bits per heavy atom. The topological polar surface area (TPSA) is 17.1 Å². The highest BCUT2D eigenvalue weighted by molar-refractivity contribution is 5.88. The first kappa shape index (κ1) is 22.8. The van der Waals surface area contributed by atoms with Gasteiger partial charge in [0.15, 0.2) is 0 Å². The molecule has 11 heteroatoms. The lowest BCUT2D eigenvalue weighted by Gasteiger charge is -2.33. The Hall–Kier alpha value is -1.26. The number of quaternary nitrogens is 1. The van der Waals surface area contributed by atoms with Crippen molar-refractivity contribution in [3.05, 3.63) is 12.2 Å². The van der Waals surface area contributed by atoms with Gasteiger partial charge in [0.05, 0.1) is 6.54 Å². The molecular weight excluding hydrogens is 381 g/mol. The molecule has 0 aromatic heterocycles. The van der Waals surface area contributed by atoms with E-state index in [4.69, 9.17) is 0 Å². The van der Waals surface area contributed by atoms with Crippen LogP contribution in [-0.4, -0.2) is 53.5 Å². The third-order valence-corrected chi connectivity index (χ3v) is 4.59. The highest BCUT2D eigenvalue weighted by Gasteiger charge is 2.89. The maximum Gasteiger partial charge on any atom is 0.460 e. The summed E-state index contributed by atoms with van der Waals surface area (Å²) in [6, 6.07) is -2.67. The molecule has 2 unspecified atom stereocenters. The molecule has 0 bridgehead atoms. The van der Waals surface area contributed by atoms with E-state index in [2.05, 4.69) is 6.58 Å². The molecule has 0 aliphatic carbocycles. The molecule has 0 saturated carbocycles. The summed E-state index contributed by atoms with van der Waals surface area (Å²) in [5.74, 6) is -20.4. The first-order valence-corrected chi connectivity index (χ1v) is 7.84. The van der Waals surface area contributed by atoms with Crippen LogP contribution < -0.4 is 0 Å². The quantitative estimate of drug-likeness (QED) is 0.244. The van der Waals surface area contributed by atoms with Crippen LogP contribution in [0.1, 0.15) is 33.1 Å². The lowest BCUT2D eigenvalue weighted by atomic mass is 10.0. The van der Waals surface area contributed by atoms with Gasteiger partial charge < -0.3 is 0 Å². The van der Waals surface area contributed by atoms with Crippen LogP contribution in [0.25, 0.3) is 0 Å². The molecule has 0 aromatic rings. The Balaban J connectivity index is 3.31. The van der Waals surface area contributed by atoms with E-state index in [-0.39, 0.29) is 25.0 Å². The second-order valence-corrected chi connectivity index (χ2v) is 6.34. The first-order valence-electron chi connectivity index (χ1n) is 7.84. The van der Waals surface area contributed by atoms with E-state index in [0.29, 0.717) is 6.42 Å². The number of halogens is 9. The molecule has 0 N–H and O–H groups in total. The smallest absolute Gasteiger partial charge is 0.239 e. The van der Waals surface area contributed by atoms with E-state index in [1.807, 2.05) is 0 Å². The van der Waals surface area contributed by atoms with E-state index < -0.39 is 46.9 Å². The Bertz CT molecular complexity index is 570. The van der Waals surface area contributed by atoms with E-state index in [1.165, 1.54) is 6.92 Å². The van der Waals surface area contributed by atoms with Gasteiger partial charge in [0.1, 0.15) is 6.54 Å². The van der Waals surface area contributed by atoms with Crippen LogP contribution in [0.3, 0.4) is 0 Å². The molecule has 2 atom stereocenters. The Labute approximate surface area is 144 Å². The van der Waals surface area contributed by atoms with Gasteiger partial charge >= 0.3 is 29.9 Å². The van der Waals surface area contributed by atoms with E-state index in [0.717, 1.165) is 0 Å². The zero-order chi connectivity index (χ0) is 20.8. The number of carbonyl (C=O) groups is 1. The minimum Gasteiger partial charge on any atom is -0.239 e. The average Bonchev–Trinajstić information content (AvgIpc) is 3.26. The summed E-state index contributed by atoms with van der Waals surface area (Å²) in [7, 11) is 0. The molecule has 1 heterocycles. The number of hydrogen-bond donors (Lipinski definition) is 0. The van der Waals surface area contributed by atoms with Gasteiger partial charge in [0.2, 0.25) is 6.04 Å². The van der Waals surface area contributed by atoms with Gasteiger partial charge in [0, 0.05) is 5.57 Å². The van der Waals surface area contributed by atoms with Crippen molar-refractivity contribution in [3.63, 3.8) is 0 Å². The predicted molar refractivity (Wildman–Crippen MR) is 74.0 cm³/mol. The molecule has 1 aliphatic heterocycles. The van der Waals surface area contributed by atoms with Gasteiger partial charge in [0.25, 0.3) is 0 Å². The normalized spacial score (nSPS) is 24.5. The van der Waals surface area contributed by atoms with Gasteiger partial charge in [-0.2, -0.15) is 39.5 Å². The second kappa shape index (κ2) is 6.72. The molecular formula is C15H19F9NO+. The standard InChI is InChI=1S/C15H19F9NO/c1-4-6-7-25(11(26)9(3)5-2)8-10(25)12(16,17)13(18,19)14(20,21)15(22,23)24/h10H,3-8H2,1-2H3/q+1. The second-order valence-electron chi connectivity index (χ2n) is 6.34. The first-order chi connectivity index (χ1) is 11.5. The molecule has 1 amide bonds. The molecule has 1 fully saturated rings. The maximum atomic E-state index is 14.1. The number of amides is 1. The van der Waals surface area contributed by atoms with Crippen LogP contribution in [0.15, 0.2) is 12.2 Å². The van der Waals surface area contributed by atoms with Crippen molar-refractivity contribution in [2.45, 2.75) is 63.1 Å². The number of hydrogen-bond acceptors (Lipinski definition) is 1. The molecule has 1 aliphatic rings. The number of unbranched alkanes of at least 4 members (excludes halogenated alkanes) is 1. The summed E-state index contributed by atoms with van der Waals surface area (Å²) in [5.41, 5.74) is -0.190. The van der Waals surface area contributed by atoms with Crippen LogP contribution in [0.5, 0.6) is 0 Å². The van der Waals surface area contributed by atoms with Crippen molar-refractivity contribution >= 4 is 5.91 Å². The van der Waals surface area contributed by atoms with Crippen molar-refractivity contribution in [2.75, 3.05) is 13.1 Å². The van der Waals surface area contributed by atoms with Crippen LogP contribution in [0.2, 0.25) is 0 Å². The molecule has 0 spiro atoms. The van der Waals surface area contributed by atoms with Gasteiger partial charge in [-0.1, -0.05) is 26.8 Å². The summed E-state index contributed by atoms with van der Waals surface area (Å²) < 4.78 is 117. The number of nitrogens with zero attached hydrogens (tertiary/aromatic N) is 1. The average molecular weight is 400 g/mol. The Morgan fingerprint density at radius 3 is 1.88 bits per heavy atom. The largest absolute Gasteiger partial charge is 0.460 e. The van der Waals surface area contributed by atoms with Crippen LogP contribution >= 0.6 is 0 Å². The van der Waals surface area contributed by atoms with E-state index in [1.54, 1.807) is 6.92 Å². The summed E-state index contributed by atoms with van der Waals surface area (Å²) in [4.78, 5) is 12.3. The van der Waals surface area contributed by atoms with Gasteiger partial charge in [-0.3, -0.25) is 0 Å². The summed E-state index contributed by atoms with van der Waals surface area (Å²) in [5, 5.41) is 0. The zero-order valence-corrected chi connectivity index (χ0v) is 14.1. The summed E-state index contributed by atoms with van der Waals surface area (Å²) in [6.45, 7) is 5.06. The fraction of sp³-hybridized carbons (Fsp3) is 0.800. The fourth-order valence-corrected chi connectivity index (χ4v) is 2.76. The highest BCUT2D eigenvalue weighted by Crippen LogP contribution is 2.58. The zero-order valence-electron chi connectivity index (χ0n) is 14.1. The fourth-order valence-electron chi connectivity index (χ4n) is 2.76. The monoisotopic (exact) mass is 400 g/mol. The maximum absolute atomic E-state index is 14.1. The molecule has 152 valence electrons. The predicted octanol–water partition coefficient (Wildman–Crippen LogP) is 4.95. The minimum absolute atomic E-state index is 0.00163. The third-order valence-electron chi connectivity index (χ3n) is 4.59. The van der Waals surface area contributed by atoms with Crippen molar-refractivity contribution in [1.29, 1.82) is 0 Å². The SMILES string of the molecule is C=C(CC)C(=O)[N+]1(CCCC)CC1C(F)(F)C(F)(F)C(F)(F)C(F)(F)F. The van der Waals surface area contributed by atoms with Crippen molar-refractivity contribution < 1.29 is 48.8 Å². The molecule has 1 rings (SSSR count).